The fourth-order valence-electron chi connectivity index (χ4n) is 2.90. The van der Waals surface area contributed by atoms with Crippen molar-refractivity contribution in [1.82, 2.24) is 15.2 Å². The molecule has 1 aliphatic rings. The van der Waals surface area contributed by atoms with Crippen LogP contribution in [0, 0.1) is 0 Å². The van der Waals surface area contributed by atoms with Crippen molar-refractivity contribution in [3.8, 4) is 0 Å². The normalized spacial score (nSPS) is 20.3. The van der Waals surface area contributed by atoms with E-state index in [-0.39, 0.29) is 24.4 Å². The monoisotopic (exact) mass is 359 g/mol. The van der Waals surface area contributed by atoms with Gasteiger partial charge in [0.2, 0.25) is 5.91 Å². The Labute approximate surface area is 150 Å². The number of carbonyl (C=O) groups is 2. The Hall–Kier alpha value is -2.25. The summed E-state index contributed by atoms with van der Waals surface area (Å²) in [4.78, 5) is 29.7. The van der Waals surface area contributed by atoms with Crippen LogP contribution >= 0.6 is 11.3 Å². The second kappa shape index (κ2) is 7.76. The van der Waals surface area contributed by atoms with Crippen LogP contribution in [0.4, 0.5) is 0 Å². The van der Waals surface area contributed by atoms with Crippen molar-refractivity contribution in [3.05, 3.63) is 52.0 Å². The number of aliphatic hydroxyl groups excluding tert-OH is 1. The van der Waals surface area contributed by atoms with Gasteiger partial charge in [-0.3, -0.25) is 9.59 Å². The number of carbonyl (C=O) groups excluding carboxylic acids is 2. The summed E-state index contributed by atoms with van der Waals surface area (Å²) < 4.78 is 0. The lowest BCUT2D eigenvalue weighted by molar-refractivity contribution is -0.132. The highest BCUT2D eigenvalue weighted by Crippen LogP contribution is 2.16. The van der Waals surface area contributed by atoms with Crippen molar-refractivity contribution in [2.24, 2.45) is 0 Å². The third kappa shape index (κ3) is 4.43. The minimum Gasteiger partial charge on any atom is -0.389 e. The summed E-state index contributed by atoms with van der Waals surface area (Å²) in [7, 11) is 0. The van der Waals surface area contributed by atoms with Gasteiger partial charge in [0, 0.05) is 31.8 Å². The average Bonchev–Trinajstić information content (AvgIpc) is 3.06. The second-order valence-corrected chi connectivity index (χ2v) is 7.13. The molecule has 1 fully saturated rings. The fraction of sp³-hybridized carbons (Fsp3) is 0.389. The number of aromatic nitrogens is 1. The van der Waals surface area contributed by atoms with Gasteiger partial charge in [0.25, 0.3) is 5.91 Å². The van der Waals surface area contributed by atoms with E-state index in [0.29, 0.717) is 25.1 Å². The van der Waals surface area contributed by atoms with Crippen molar-refractivity contribution in [2.45, 2.75) is 31.9 Å². The van der Waals surface area contributed by atoms with Crippen LogP contribution in [0.3, 0.4) is 0 Å². The number of rotatable bonds is 4. The number of nitrogens with one attached hydrogen (secondary N) is 1. The molecule has 132 valence electrons. The zero-order valence-corrected chi connectivity index (χ0v) is 14.8. The summed E-state index contributed by atoms with van der Waals surface area (Å²) >= 11 is 1.45. The van der Waals surface area contributed by atoms with E-state index in [1.54, 1.807) is 10.3 Å². The van der Waals surface area contributed by atoms with Crippen LogP contribution < -0.4 is 5.32 Å². The van der Waals surface area contributed by atoms with Crippen LogP contribution in [-0.2, 0) is 11.2 Å². The van der Waals surface area contributed by atoms with Gasteiger partial charge in [-0.15, -0.1) is 11.3 Å². The molecule has 0 bridgehead atoms. The summed E-state index contributed by atoms with van der Waals surface area (Å²) in [5, 5.41) is 15.6. The van der Waals surface area contributed by atoms with E-state index in [0.717, 1.165) is 10.6 Å². The van der Waals surface area contributed by atoms with E-state index in [1.165, 1.54) is 18.3 Å². The SMILES string of the molecule is CC(=O)N1CCC(NC(=O)c2csc(Cc3ccccc3)n2)C(O)C1. The predicted octanol–water partition coefficient (Wildman–Crippen LogP) is 1.45. The summed E-state index contributed by atoms with van der Waals surface area (Å²) in [6.45, 7) is 2.26. The summed E-state index contributed by atoms with van der Waals surface area (Å²) in [5.41, 5.74) is 1.52. The van der Waals surface area contributed by atoms with E-state index in [1.807, 2.05) is 30.3 Å². The van der Waals surface area contributed by atoms with E-state index < -0.39 is 6.10 Å². The molecule has 1 aromatic carbocycles. The first-order valence-electron chi connectivity index (χ1n) is 8.25. The fourth-order valence-corrected chi connectivity index (χ4v) is 3.70. The van der Waals surface area contributed by atoms with Gasteiger partial charge < -0.3 is 15.3 Å². The van der Waals surface area contributed by atoms with Crippen molar-refractivity contribution in [2.75, 3.05) is 13.1 Å². The molecule has 0 aliphatic carbocycles. The molecule has 1 aromatic heterocycles. The highest BCUT2D eigenvalue weighted by molar-refractivity contribution is 7.09. The molecule has 2 unspecified atom stereocenters. The second-order valence-electron chi connectivity index (χ2n) is 6.19. The summed E-state index contributed by atoms with van der Waals surface area (Å²) in [6, 6.07) is 9.62. The lowest BCUT2D eigenvalue weighted by atomic mass is 10.0. The molecule has 2 N–H and O–H groups in total. The van der Waals surface area contributed by atoms with Crippen molar-refractivity contribution in [1.29, 1.82) is 0 Å². The van der Waals surface area contributed by atoms with E-state index >= 15 is 0 Å². The van der Waals surface area contributed by atoms with Crippen molar-refractivity contribution >= 4 is 23.2 Å². The number of aliphatic hydroxyl groups is 1. The van der Waals surface area contributed by atoms with E-state index in [2.05, 4.69) is 10.3 Å². The molecule has 6 nitrogen and oxygen atoms in total. The van der Waals surface area contributed by atoms with Crippen LogP contribution in [0.5, 0.6) is 0 Å². The average molecular weight is 359 g/mol. The largest absolute Gasteiger partial charge is 0.389 e. The maximum absolute atomic E-state index is 12.4. The number of thiazole rings is 1. The molecule has 0 spiro atoms. The molecular weight excluding hydrogens is 338 g/mol. The zero-order valence-electron chi connectivity index (χ0n) is 14.0. The quantitative estimate of drug-likeness (QED) is 0.866. The molecule has 2 amide bonds. The van der Waals surface area contributed by atoms with Gasteiger partial charge in [-0.2, -0.15) is 0 Å². The number of nitrogens with zero attached hydrogens (tertiary/aromatic N) is 2. The Morgan fingerprint density at radius 3 is 2.80 bits per heavy atom. The van der Waals surface area contributed by atoms with E-state index in [4.69, 9.17) is 0 Å². The minimum atomic E-state index is -0.760. The summed E-state index contributed by atoms with van der Waals surface area (Å²) in [5.74, 6) is -0.343. The van der Waals surface area contributed by atoms with E-state index in [9.17, 15) is 14.7 Å². The number of hydrogen-bond donors (Lipinski definition) is 2. The number of β-amino-alcohol motifs (C(OH)–C–C–N with tert-alkyl or cyclic N) is 1. The Morgan fingerprint density at radius 1 is 1.36 bits per heavy atom. The smallest absolute Gasteiger partial charge is 0.271 e. The minimum absolute atomic E-state index is 0.0612. The topological polar surface area (TPSA) is 82.5 Å². The number of benzene rings is 1. The van der Waals surface area contributed by atoms with Crippen molar-refractivity contribution < 1.29 is 14.7 Å². The Bertz CT molecular complexity index is 747. The molecule has 3 rings (SSSR count). The third-order valence-electron chi connectivity index (χ3n) is 4.33. The Balaban J connectivity index is 1.58. The summed E-state index contributed by atoms with van der Waals surface area (Å²) in [6.07, 6.45) is 0.468. The highest BCUT2D eigenvalue weighted by atomic mass is 32.1. The molecular formula is C18H21N3O3S. The van der Waals surface area contributed by atoms with Crippen LogP contribution in [0.25, 0.3) is 0 Å². The van der Waals surface area contributed by atoms with Gasteiger partial charge in [-0.1, -0.05) is 30.3 Å². The van der Waals surface area contributed by atoms with Gasteiger partial charge in [-0.05, 0) is 12.0 Å². The molecule has 25 heavy (non-hydrogen) atoms. The maximum atomic E-state index is 12.4. The number of piperidine rings is 1. The number of amides is 2. The van der Waals surface area contributed by atoms with Gasteiger partial charge in [0.05, 0.1) is 17.2 Å². The van der Waals surface area contributed by atoms with Gasteiger partial charge in [-0.25, -0.2) is 4.98 Å². The lowest BCUT2D eigenvalue weighted by Crippen LogP contribution is -2.55. The van der Waals surface area contributed by atoms with Gasteiger partial charge in [0.1, 0.15) is 5.69 Å². The first kappa shape index (κ1) is 17.6. The standard InChI is InChI=1S/C18H21N3O3S/c1-12(22)21-8-7-14(16(23)10-21)20-18(24)15-11-25-17(19-15)9-13-5-3-2-4-6-13/h2-6,11,14,16,23H,7-10H2,1H3,(H,20,24). The molecule has 7 heteroatoms. The number of hydrogen-bond acceptors (Lipinski definition) is 5. The molecule has 2 aromatic rings. The van der Waals surface area contributed by atoms with Crippen LogP contribution in [0.15, 0.2) is 35.7 Å². The molecule has 2 atom stereocenters. The van der Waals surface area contributed by atoms with Crippen LogP contribution in [-0.4, -0.2) is 52.0 Å². The Morgan fingerprint density at radius 2 is 2.12 bits per heavy atom. The molecule has 1 aliphatic heterocycles. The first-order chi connectivity index (χ1) is 12.0. The van der Waals surface area contributed by atoms with Gasteiger partial charge in [0.15, 0.2) is 0 Å². The molecule has 1 saturated heterocycles. The maximum Gasteiger partial charge on any atom is 0.271 e. The molecule has 0 radical (unpaired) electrons. The highest BCUT2D eigenvalue weighted by Gasteiger charge is 2.30. The van der Waals surface area contributed by atoms with Gasteiger partial charge >= 0.3 is 0 Å². The van der Waals surface area contributed by atoms with Crippen LogP contribution in [0.2, 0.25) is 0 Å². The van der Waals surface area contributed by atoms with Crippen molar-refractivity contribution in [3.63, 3.8) is 0 Å². The number of likely N-dealkylation sites (tertiary alicyclic amines) is 1. The first-order valence-corrected chi connectivity index (χ1v) is 9.13. The lowest BCUT2D eigenvalue weighted by Gasteiger charge is -2.35. The third-order valence-corrected chi connectivity index (χ3v) is 5.18. The molecule has 0 saturated carbocycles. The predicted molar refractivity (Wildman–Crippen MR) is 95.5 cm³/mol. The molecule has 2 heterocycles. The Kier molecular flexibility index (Phi) is 5.45. The van der Waals surface area contributed by atoms with Crippen LogP contribution in [0.1, 0.15) is 34.4 Å². The zero-order chi connectivity index (χ0) is 17.8.